The van der Waals surface area contributed by atoms with Crippen LogP contribution < -0.4 is 0 Å². The van der Waals surface area contributed by atoms with Crippen LogP contribution in [0.15, 0.2) is 12.2 Å². The molecule has 0 radical (unpaired) electrons. The highest BCUT2D eigenvalue weighted by atomic mass is 16.5. The lowest BCUT2D eigenvalue weighted by Crippen LogP contribution is -2.02. The van der Waals surface area contributed by atoms with E-state index in [4.69, 9.17) is 4.74 Å². The number of hydrogen-bond acceptors (Lipinski definition) is 2. The lowest BCUT2D eigenvalue weighted by atomic mass is 10.0. The zero-order valence-electron chi connectivity index (χ0n) is 14.5. The molecule has 0 aromatic heterocycles. The Hall–Kier alpha value is -0.790. The fourth-order valence-corrected chi connectivity index (χ4v) is 2.27. The van der Waals surface area contributed by atoms with E-state index in [-0.39, 0.29) is 5.97 Å². The van der Waals surface area contributed by atoms with Crippen molar-refractivity contribution >= 4 is 5.97 Å². The van der Waals surface area contributed by atoms with Gasteiger partial charge >= 0.3 is 5.97 Å². The first kappa shape index (κ1) is 20.2. The van der Waals surface area contributed by atoms with Crippen molar-refractivity contribution in [3.8, 4) is 0 Å². The van der Waals surface area contributed by atoms with Crippen molar-refractivity contribution in [3.63, 3.8) is 0 Å². The van der Waals surface area contributed by atoms with Crippen LogP contribution in [0.25, 0.3) is 0 Å². The summed E-state index contributed by atoms with van der Waals surface area (Å²) in [6, 6.07) is 0. The summed E-state index contributed by atoms with van der Waals surface area (Å²) in [5.41, 5.74) is 0. The number of unbranched alkanes of at least 4 members (excludes halogenated alkanes) is 8. The minimum absolute atomic E-state index is 0.175. The van der Waals surface area contributed by atoms with Crippen LogP contribution in [0.4, 0.5) is 0 Å². The highest BCUT2D eigenvalue weighted by Gasteiger charge is 1.98. The largest absolute Gasteiger partial charge is 0.463 e. The number of carbonyl (C=O) groups is 1. The van der Waals surface area contributed by atoms with Crippen LogP contribution in [0.3, 0.4) is 0 Å². The van der Waals surface area contributed by atoms with Gasteiger partial charge in [0.1, 0.15) is 0 Å². The minimum atomic E-state index is -0.175. The van der Waals surface area contributed by atoms with Crippen molar-refractivity contribution in [3.05, 3.63) is 12.2 Å². The molecule has 0 saturated carbocycles. The second-order valence-corrected chi connectivity index (χ2v) is 6.37. The van der Waals surface area contributed by atoms with E-state index < -0.39 is 0 Å². The van der Waals surface area contributed by atoms with Gasteiger partial charge in [-0.2, -0.15) is 0 Å². The zero-order valence-corrected chi connectivity index (χ0v) is 14.5. The van der Waals surface area contributed by atoms with Gasteiger partial charge in [0.2, 0.25) is 0 Å². The molecule has 0 aliphatic heterocycles. The Balaban J connectivity index is 3.29. The van der Waals surface area contributed by atoms with Crippen LogP contribution in [0, 0.1) is 5.92 Å². The van der Waals surface area contributed by atoms with Gasteiger partial charge in [-0.05, 0) is 25.2 Å². The van der Waals surface area contributed by atoms with E-state index >= 15 is 0 Å². The third-order valence-corrected chi connectivity index (χ3v) is 3.65. The van der Waals surface area contributed by atoms with E-state index in [1.807, 2.05) is 6.08 Å². The topological polar surface area (TPSA) is 26.3 Å². The molecular formula is C19H36O2. The summed E-state index contributed by atoms with van der Waals surface area (Å²) in [5, 5.41) is 0. The number of hydrogen-bond donors (Lipinski definition) is 0. The Bertz CT molecular complexity index is 256. The molecule has 0 unspecified atom stereocenters. The molecule has 0 aliphatic rings. The molecule has 0 N–H and O–H groups in total. The van der Waals surface area contributed by atoms with Crippen molar-refractivity contribution in [1.82, 2.24) is 0 Å². The predicted molar refractivity (Wildman–Crippen MR) is 91.4 cm³/mol. The van der Waals surface area contributed by atoms with E-state index in [1.54, 1.807) is 6.08 Å². The molecule has 0 rings (SSSR count). The summed E-state index contributed by atoms with van der Waals surface area (Å²) < 4.78 is 5.19. The summed E-state index contributed by atoms with van der Waals surface area (Å²) in [6.07, 6.45) is 16.9. The third-order valence-electron chi connectivity index (χ3n) is 3.65. The lowest BCUT2D eigenvalue weighted by molar-refractivity contribution is -0.137. The Morgan fingerprint density at radius 2 is 1.62 bits per heavy atom. The van der Waals surface area contributed by atoms with Gasteiger partial charge in [-0.25, -0.2) is 4.79 Å². The van der Waals surface area contributed by atoms with Gasteiger partial charge in [0.25, 0.3) is 0 Å². The van der Waals surface area contributed by atoms with Crippen molar-refractivity contribution < 1.29 is 9.53 Å². The monoisotopic (exact) mass is 296 g/mol. The highest BCUT2D eigenvalue weighted by molar-refractivity contribution is 5.81. The molecule has 0 amide bonds. The molecule has 0 aromatic carbocycles. The Morgan fingerprint density at radius 3 is 2.33 bits per heavy atom. The van der Waals surface area contributed by atoms with Crippen molar-refractivity contribution in [2.24, 2.45) is 5.92 Å². The highest BCUT2D eigenvalue weighted by Crippen LogP contribution is 2.09. The third kappa shape index (κ3) is 17.2. The molecule has 0 aromatic rings. The summed E-state index contributed by atoms with van der Waals surface area (Å²) >= 11 is 0. The molecule has 21 heavy (non-hydrogen) atoms. The molecule has 2 heteroatoms. The first-order valence-corrected chi connectivity index (χ1v) is 9.00. The second-order valence-electron chi connectivity index (χ2n) is 6.37. The van der Waals surface area contributed by atoms with Crippen molar-refractivity contribution in [2.75, 3.05) is 6.61 Å². The van der Waals surface area contributed by atoms with Crippen molar-refractivity contribution in [2.45, 2.75) is 91.4 Å². The maximum absolute atomic E-state index is 11.4. The Labute approximate surface area is 132 Å². The average Bonchev–Trinajstić information content (AvgIpc) is 2.45. The normalized spacial score (nSPS) is 11.4. The molecule has 0 atom stereocenters. The van der Waals surface area contributed by atoms with E-state index in [2.05, 4.69) is 20.8 Å². The molecule has 0 fully saturated rings. The van der Waals surface area contributed by atoms with Gasteiger partial charge in [0, 0.05) is 6.08 Å². The maximum atomic E-state index is 11.4. The van der Waals surface area contributed by atoms with Gasteiger partial charge in [-0.1, -0.05) is 78.2 Å². The van der Waals surface area contributed by atoms with Crippen LogP contribution in [-0.4, -0.2) is 12.6 Å². The van der Waals surface area contributed by atoms with Crippen molar-refractivity contribution in [1.29, 1.82) is 0 Å². The van der Waals surface area contributed by atoms with Gasteiger partial charge in [0.05, 0.1) is 6.61 Å². The Morgan fingerprint density at radius 1 is 0.952 bits per heavy atom. The summed E-state index contributed by atoms with van der Waals surface area (Å²) in [7, 11) is 0. The van der Waals surface area contributed by atoms with Crippen LogP contribution in [0.5, 0.6) is 0 Å². The summed E-state index contributed by atoms with van der Waals surface area (Å²) in [5.74, 6) is 0.626. The van der Waals surface area contributed by atoms with Crippen LogP contribution in [-0.2, 0) is 9.53 Å². The number of ether oxygens (including phenoxy) is 1. The molecule has 0 aliphatic carbocycles. The first-order valence-electron chi connectivity index (χ1n) is 9.00. The van der Waals surface area contributed by atoms with E-state index in [0.29, 0.717) is 6.61 Å². The van der Waals surface area contributed by atoms with E-state index in [0.717, 1.165) is 18.8 Å². The zero-order chi connectivity index (χ0) is 15.8. The van der Waals surface area contributed by atoms with Gasteiger partial charge < -0.3 is 4.74 Å². The average molecular weight is 296 g/mol. The van der Waals surface area contributed by atoms with E-state index in [9.17, 15) is 4.79 Å². The van der Waals surface area contributed by atoms with Gasteiger partial charge in [-0.15, -0.1) is 0 Å². The molecule has 124 valence electrons. The maximum Gasteiger partial charge on any atom is 0.330 e. The van der Waals surface area contributed by atoms with E-state index in [1.165, 1.54) is 57.8 Å². The molecule has 0 saturated heterocycles. The lowest BCUT2D eigenvalue weighted by Gasteiger charge is -2.04. The van der Waals surface area contributed by atoms with Gasteiger partial charge in [0.15, 0.2) is 0 Å². The summed E-state index contributed by atoms with van der Waals surface area (Å²) in [4.78, 5) is 11.4. The van der Waals surface area contributed by atoms with Crippen LogP contribution in [0.2, 0.25) is 0 Å². The predicted octanol–water partition coefficient (Wildman–Crippen LogP) is 6.05. The number of rotatable bonds is 14. The minimum Gasteiger partial charge on any atom is -0.463 e. The fraction of sp³-hybridized carbons (Fsp3) is 0.842. The first-order chi connectivity index (χ1) is 10.2. The van der Waals surface area contributed by atoms with Gasteiger partial charge in [-0.3, -0.25) is 0 Å². The summed E-state index contributed by atoms with van der Waals surface area (Å²) in [6.45, 7) is 7.32. The van der Waals surface area contributed by atoms with Crippen LogP contribution >= 0.6 is 0 Å². The molecular weight excluding hydrogens is 260 g/mol. The Kier molecular flexibility index (Phi) is 15.0. The fourth-order valence-electron chi connectivity index (χ4n) is 2.27. The second kappa shape index (κ2) is 15.6. The molecule has 0 bridgehead atoms. The molecule has 2 nitrogen and oxygen atoms in total. The quantitative estimate of drug-likeness (QED) is 0.221. The smallest absolute Gasteiger partial charge is 0.330 e. The number of allylic oxidation sites excluding steroid dienone is 1. The molecule has 0 spiro atoms. The standard InChI is InChI=1S/C19H36O2/c1-4-5-6-7-8-9-13-16-19(20)21-17-14-11-10-12-15-18(2)3/h13,16,18H,4-12,14-15,17H2,1-3H3. The number of esters is 1. The number of carbonyl (C=O) groups excluding carboxylic acids is 1. The SMILES string of the molecule is CCCCCCCC=CC(=O)OCCCCCCC(C)C. The van der Waals surface area contributed by atoms with Crippen LogP contribution in [0.1, 0.15) is 91.4 Å². The molecule has 0 heterocycles.